The van der Waals surface area contributed by atoms with Crippen LogP contribution in [0.15, 0.2) is 12.7 Å². The van der Waals surface area contributed by atoms with Crippen molar-refractivity contribution in [1.29, 1.82) is 0 Å². The van der Waals surface area contributed by atoms with Crippen molar-refractivity contribution in [3.8, 4) is 0 Å². The molecule has 0 heterocycles. The largest absolute Gasteiger partial charge is 0.481 e. The Hall–Kier alpha value is -0.790. The van der Waals surface area contributed by atoms with Crippen LogP contribution in [0.2, 0.25) is 0 Å². The fraction of sp³-hybridized carbons (Fsp3) is 0.667. The third-order valence-electron chi connectivity index (χ3n) is 2.41. The second-order valence-corrected chi connectivity index (χ2v) is 3.96. The van der Waals surface area contributed by atoms with Crippen LogP contribution in [0.5, 0.6) is 0 Å². The lowest BCUT2D eigenvalue weighted by Crippen LogP contribution is -2.38. The maximum absolute atomic E-state index is 10.8. The first-order chi connectivity index (χ1) is 4.75. The Kier molecular flexibility index (Phi) is 2.49. The maximum Gasteiger partial charge on any atom is 0.313 e. The van der Waals surface area contributed by atoms with E-state index in [2.05, 4.69) is 6.58 Å². The molecule has 0 saturated heterocycles. The van der Waals surface area contributed by atoms with E-state index in [1.807, 2.05) is 20.8 Å². The van der Waals surface area contributed by atoms with Crippen molar-refractivity contribution >= 4 is 5.97 Å². The van der Waals surface area contributed by atoms with Gasteiger partial charge in [-0.25, -0.2) is 0 Å². The van der Waals surface area contributed by atoms with Crippen molar-refractivity contribution in [2.24, 2.45) is 10.8 Å². The zero-order valence-electron chi connectivity index (χ0n) is 7.64. The number of rotatable bonds is 2. The summed E-state index contributed by atoms with van der Waals surface area (Å²) in [5, 5.41) is 8.90. The lowest BCUT2D eigenvalue weighted by atomic mass is 9.68. The van der Waals surface area contributed by atoms with E-state index in [4.69, 9.17) is 5.11 Å². The molecule has 0 radical (unpaired) electrons. The summed E-state index contributed by atoms with van der Waals surface area (Å²) in [6, 6.07) is 0. The number of carboxylic acids is 1. The lowest BCUT2D eigenvalue weighted by molar-refractivity contribution is -0.150. The van der Waals surface area contributed by atoms with E-state index in [1.165, 1.54) is 6.08 Å². The Bertz CT molecular complexity index is 176. The Morgan fingerprint density at radius 2 is 1.73 bits per heavy atom. The number of carboxylic acid groups (broad SMARTS) is 1. The molecule has 0 aliphatic rings. The molecule has 2 nitrogen and oxygen atoms in total. The van der Waals surface area contributed by atoms with Gasteiger partial charge in [-0.05, 0) is 12.3 Å². The lowest BCUT2D eigenvalue weighted by Gasteiger charge is -2.35. The molecule has 11 heavy (non-hydrogen) atoms. The predicted octanol–water partition coefficient (Wildman–Crippen LogP) is 2.31. The first-order valence-corrected chi connectivity index (χ1v) is 3.62. The third kappa shape index (κ3) is 1.62. The summed E-state index contributed by atoms with van der Waals surface area (Å²) < 4.78 is 0. The van der Waals surface area contributed by atoms with Crippen molar-refractivity contribution in [1.82, 2.24) is 0 Å². The van der Waals surface area contributed by atoms with E-state index in [0.29, 0.717) is 0 Å². The maximum atomic E-state index is 10.8. The first kappa shape index (κ1) is 10.2. The molecule has 0 aliphatic heterocycles. The van der Waals surface area contributed by atoms with E-state index >= 15 is 0 Å². The average molecular weight is 156 g/mol. The van der Waals surface area contributed by atoms with E-state index in [1.54, 1.807) is 6.92 Å². The molecule has 0 fully saturated rings. The molecule has 0 aromatic carbocycles. The minimum absolute atomic E-state index is 0.291. The molecule has 1 unspecified atom stereocenters. The van der Waals surface area contributed by atoms with Crippen LogP contribution in [0.4, 0.5) is 0 Å². The standard InChI is InChI=1S/C9H16O2/c1-6-9(5,7(10)11)8(2,3)4/h6H,1H2,2-5H3,(H,10,11). The van der Waals surface area contributed by atoms with Gasteiger partial charge in [0.1, 0.15) is 0 Å². The van der Waals surface area contributed by atoms with Crippen LogP contribution in [-0.4, -0.2) is 11.1 Å². The number of aliphatic carboxylic acids is 1. The first-order valence-electron chi connectivity index (χ1n) is 3.62. The van der Waals surface area contributed by atoms with E-state index in [9.17, 15) is 4.79 Å². The molecule has 0 aliphatic carbocycles. The quantitative estimate of drug-likeness (QED) is 0.623. The Morgan fingerprint density at radius 3 is 1.73 bits per heavy atom. The van der Waals surface area contributed by atoms with Gasteiger partial charge in [0.05, 0.1) is 5.41 Å². The molecule has 0 aromatic heterocycles. The summed E-state index contributed by atoms with van der Waals surface area (Å²) in [5.41, 5.74) is -1.13. The summed E-state index contributed by atoms with van der Waals surface area (Å²) in [6.45, 7) is 10.9. The van der Waals surface area contributed by atoms with Crippen LogP contribution in [0, 0.1) is 10.8 Å². The summed E-state index contributed by atoms with van der Waals surface area (Å²) in [7, 11) is 0. The van der Waals surface area contributed by atoms with Crippen LogP contribution >= 0.6 is 0 Å². The Labute approximate surface area is 67.9 Å². The van der Waals surface area contributed by atoms with Gasteiger partial charge in [-0.15, -0.1) is 6.58 Å². The van der Waals surface area contributed by atoms with Crippen molar-refractivity contribution in [3.05, 3.63) is 12.7 Å². The topological polar surface area (TPSA) is 37.3 Å². The van der Waals surface area contributed by atoms with E-state index in [0.717, 1.165) is 0 Å². The van der Waals surface area contributed by atoms with Crippen molar-refractivity contribution in [2.75, 3.05) is 0 Å². The smallest absolute Gasteiger partial charge is 0.313 e. The Morgan fingerprint density at radius 1 is 1.36 bits per heavy atom. The van der Waals surface area contributed by atoms with Crippen LogP contribution < -0.4 is 0 Å². The molecule has 0 rings (SSSR count). The second-order valence-electron chi connectivity index (χ2n) is 3.96. The monoisotopic (exact) mass is 156 g/mol. The van der Waals surface area contributed by atoms with Crippen LogP contribution in [0.3, 0.4) is 0 Å². The third-order valence-corrected chi connectivity index (χ3v) is 2.41. The molecule has 0 saturated carbocycles. The zero-order valence-corrected chi connectivity index (χ0v) is 7.64. The normalized spacial score (nSPS) is 17.1. The number of carbonyl (C=O) groups is 1. The molecule has 2 heteroatoms. The highest BCUT2D eigenvalue weighted by molar-refractivity contribution is 5.77. The van der Waals surface area contributed by atoms with Gasteiger partial charge in [-0.2, -0.15) is 0 Å². The second kappa shape index (κ2) is 2.68. The highest BCUT2D eigenvalue weighted by atomic mass is 16.4. The molecule has 0 amide bonds. The molecule has 64 valence electrons. The SMILES string of the molecule is C=CC(C)(C(=O)O)C(C)(C)C. The van der Waals surface area contributed by atoms with Crippen molar-refractivity contribution < 1.29 is 9.90 Å². The molecule has 1 atom stereocenters. The van der Waals surface area contributed by atoms with Crippen molar-refractivity contribution in [2.45, 2.75) is 27.7 Å². The fourth-order valence-electron chi connectivity index (χ4n) is 0.714. The number of hydrogen-bond donors (Lipinski definition) is 1. The van der Waals surface area contributed by atoms with Gasteiger partial charge in [0, 0.05) is 0 Å². The molecular weight excluding hydrogens is 140 g/mol. The van der Waals surface area contributed by atoms with Gasteiger partial charge >= 0.3 is 5.97 Å². The molecule has 0 aromatic rings. The van der Waals surface area contributed by atoms with Crippen LogP contribution in [0.25, 0.3) is 0 Å². The summed E-state index contributed by atoms with van der Waals surface area (Å²) in [5.74, 6) is -0.819. The van der Waals surface area contributed by atoms with E-state index < -0.39 is 11.4 Å². The molecular formula is C9H16O2. The fourth-order valence-corrected chi connectivity index (χ4v) is 0.714. The highest BCUT2D eigenvalue weighted by Crippen LogP contribution is 2.39. The van der Waals surface area contributed by atoms with Gasteiger partial charge in [0.15, 0.2) is 0 Å². The summed E-state index contributed by atoms with van der Waals surface area (Å²) in [4.78, 5) is 10.8. The van der Waals surface area contributed by atoms with Crippen LogP contribution in [0.1, 0.15) is 27.7 Å². The zero-order chi connectivity index (χ0) is 9.28. The molecule has 0 bridgehead atoms. The Balaban J connectivity index is 4.91. The van der Waals surface area contributed by atoms with Crippen LogP contribution in [-0.2, 0) is 4.79 Å². The van der Waals surface area contributed by atoms with Gasteiger partial charge in [-0.3, -0.25) is 4.79 Å². The van der Waals surface area contributed by atoms with Gasteiger partial charge < -0.3 is 5.11 Å². The minimum Gasteiger partial charge on any atom is -0.481 e. The molecule has 0 spiro atoms. The highest BCUT2D eigenvalue weighted by Gasteiger charge is 2.41. The van der Waals surface area contributed by atoms with E-state index in [-0.39, 0.29) is 5.41 Å². The predicted molar refractivity (Wildman–Crippen MR) is 45.4 cm³/mol. The van der Waals surface area contributed by atoms with Crippen molar-refractivity contribution in [3.63, 3.8) is 0 Å². The van der Waals surface area contributed by atoms with Gasteiger partial charge in [0.2, 0.25) is 0 Å². The molecule has 1 N–H and O–H groups in total. The number of hydrogen-bond acceptors (Lipinski definition) is 1. The van der Waals surface area contributed by atoms with Gasteiger partial charge in [0.25, 0.3) is 0 Å². The summed E-state index contributed by atoms with van der Waals surface area (Å²) in [6.07, 6.45) is 1.50. The minimum atomic E-state index is -0.840. The average Bonchev–Trinajstić information content (AvgIpc) is 1.83. The summed E-state index contributed by atoms with van der Waals surface area (Å²) >= 11 is 0. The van der Waals surface area contributed by atoms with Gasteiger partial charge in [-0.1, -0.05) is 26.8 Å².